The topological polar surface area (TPSA) is 237 Å². The number of carbonyl (C=O) groups is 4. The summed E-state index contributed by atoms with van der Waals surface area (Å²) in [7, 11) is -9.91. The van der Waals surface area contributed by atoms with Crippen LogP contribution in [0.1, 0.15) is 388 Å². The standard InChI is InChI=1S/C75H146O17P2/c1-7-10-12-14-16-18-20-21-22-23-24-25-26-27-28-29-35-41-47-53-59-74(79)91-70(63-86-73(78)58-52-46-40-34-31-30-32-38-44-50-56-68(6)9-3)65-89-93(81,82)87-61-69(76)62-88-94(83,84)90-66-71(92-75(80)60-54-48-42-36-37-43-49-55-67(4)5)64-85-72(77)57-51-45-39-33-19-17-15-13-11-8-2/h67-71,76H,7-66H2,1-6H3,(H,81,82)(H,83,84)/t68?,69-,70-,71-/m1/s1. The molecule has 0 saturated heterocycles. The van der Waals surface area contributed by atoms with Crippen LogP contribution < -0.4 is 0 Å². The molecule has 0 aromatic carbocycles. The SMILES string of the molecule is CCCCCCCCCCCCCCCCCCCCCCC(=O)O[C@H](COC(=O)CCCCCCCCCCCCC(C)CC)COP(=O)(O)OC[C@@H](O)COP(=O)(O)OC[C@@H](COC(=O)CCCCCCCCCCCC)OC(=O)CCCCCCCCCC(C)C. The predicted octanol–water partition coefficient (Wildman–Crippen LogP) is 21.9. The van der Waals surface area contributed by atoms with Crippen molar-refractivity contribution < 1.29 is 80.2 Å². The van der Waals surface area contributed by atoms with Gasteiger partial charge in [0.25, 0.3) is 0 Å². The van der Waals surface area contributed by atoms with E-state index in [0.29, 0.717) is 31.6 Å². The van der Waals surface area contributed by atoms with Crippen LogP contribution in [-0.2, 0) is 65.4 Å². The molecule has 94 heavy (non-hydrogen) atoms. The van der Waals surface area contributed by atoms with Crippen molar-refractivity contribution in [2.24, 2.45) is 11.8 Å². The molecule has 0 heterocycles. The molecule has 6 atom stereocenters. The van der Waals surface area contributed by atoms with Gasteiger partial charge in [0.2, 0.25) is 0 Å². The van der Waals surface area contributed by atoms with Gasteiger partial charge in [-0.3, -0.25) is 37.3 Å². The van der Waals surface area contributed by atoms with Gasteiger partial charge in [0.05, 0.1) is 26.4 Å². The first-order chi connectivity index (χ1) is 45.4. The molecule has 17 nitrogen and oxygen atoms in total. The van der Waals surface area contributed by atoms with Crippen LogP contribution in [0.5, 0.6) is 0 Å². The lowest BCUT2D eigenvalue weighted by atomic mass is 9.99. The fraction of sp³-hybridized carbons (Fsp3) is 0.947. The number of hydrogen-bond acceptors (Lipinski definition) is 15. The van der Waals surface area contributed by atoms with Crippen molar-refractivity contribution in [3.05, 3.63) is 0 Å². The lowest BCUT2D eigenvalue weighted by molar-refractivity contribution is -0.161. The normalized spacial score (nSPS) is 14.3. The van der Waals surface area contributed by atoms with Crippen molar-refractivity contribution in [2.75, 3.05) is 39.6 Å². The number of aliphatic hydroxyl groups is 1. The number of unbranched alkanes of at least 4 members (excludes halogenated alkanes) is 43. The van der Waals surface area contributed by atoms with Crippen LogP contribution in [0.2, 0.25) is 0 Å². The second kappa shape index (κ2) is 66.9. The molecule has 0 fully saturated rings. The molecule has 0 aliphatic heterocycles. The van der Waals surface area contributed by atoms with Gasteiger partial charge in [0.15, 0.2) is 12.2 Å². The molecule has 0 aromatic heterocycles. The smallest absolute Gasteiger partial charge is 0.462 e. The van der Waals surface area contributed by atoms with E-state index >= 15 is 0 Å². The van der Waals surface area contributed by atoms with Crippen molar-refractivity contribution >= 4 is 39.5 Å². The highest BCUT2D eigenvalue weighted by atomic mass is 31.2. The quantitative estimate of drug-likeness (QED) is 0.0222. The number of aliphatic hydroxyl groups excluding tert-OH is 1. The van der Waals surface area contributed by atoms with E-state index < -0.39 is 97.5 Å². The zero-order chi connectivity index (χ0) is 69.3. The molecule has 19 heteroatoms. The Labute approximate surface area is 575 Å². The third-order valence-electron chi connectivity index (χ3n) is 17.8. The molecular weight excluding hydrogens is 1230 g/mol. The lowest BCUT2D eigenvalue weighted by Gasteiger charge is -2.21. The average molecular weight is 1380 g/mol. The van der Waals surface area contributed by atoms with Gasteiger partial charge in [-0.1, -0.05) is 337 Å². The van der Waals surface area contributed by atoms with Gasteiger partial charge in [-0.15, -0.1) is 0 Å². The summed E-state index contributed by atoms with van der Waals surface area (Å²) < 4.78 is 68.4. The Kier molecular flexibility index (Phi) is 65.5. The average Bonchev–Trinajstić information content (AvgIpc) is 1.67. The van der Waals surface area contributed by atoms with Gasteiger partial charge in [0, 0.05) is 25.7 Å². The summed E-state index contributed by atoms with van der Waals surface area (Å²) in [4.78, 5) is 72.7. The summed E-state index contributed by atoms with van der Waals surface area (Å²) >= 11 is 0. The third-order valence-corrected chi connectivity index (χ3v) is 19.7. The number of rotatable bonds is 74. The first-order valence-electron chi connectivity index (χ1n) is 39.0. The maximum absolute atomic E-state index is 13.1. The lowest BCUT2D eigenvalue weighted by Crippen LogP contribution is -2.30. The fourth-order valence-electron chi connectivity index (χ4n) is 11.4. The van der Waals surface area contributed by atoms with E-state index in [2.05, 4.69) is 41.5 Å². The summed E-state index contributed by atoms with van der Waals surface area (Å²) in [5.41, 5.74) is 0. The zero-order valence-electron chi connectivity index (χ0n) is 61.3. The molecule has 0 aliphatic rings. The molecule has 558 valence electrons. The van der Waals surface area contributed by atoms with Gasteiger partial charge in [-0.05, 0) is 37.5 Å². The molecule has 0 aromatic rings. The van der Waals surface area contributed by atoms with Gasteiger partial charge >= 0.3 is 39.5 Å². The van der Waals surface area contributed by atoms with Crippen LogP contribution in [0, 0.1) is 11.8 Å². The van der Waals surface area contributed by atoms with Crippen LogP contribution in [-0.4, -0.2) is 96.7 Å². The van der Waals surface area contributed by atoms with Crippen LogP contribution in [0.4, 0.5) is 0 Å². The van der Waals surface area contributed by atoms with E-state index in [9.17, 15) is 43.2 Å². The number of carbonyl (C=O) groups excluding carboxylic acids is 4. The van der Waals surface area contributed by atoms with Crippen LogP contribution in [0.25, 0.3) is 0 Å². The molecule has 0 aliphatic carbocycles. The highest BCUT2D eigenvalue weighted by molar-refractivity contribution is 7.47. The number of phosphoric acid groups is 2. The van der Waals surface area contributed by atoms with Crippen molar-refractivity contribution in [1.29, 1.82) is 0 Å². The van der Waals surface area contributed by atoms with Crippen molar-refractivity contribution in [2.45, 2.75) is 407 Å². The molecule has 0 rings (SSSR count). The van der Waals surface area contributed by atoms with Crippen LogP contribution in [0.3, 0.4) is 0 Å². The maximum Gasteiger partial charge on any atom is 0.472 e. The van der Waals surface area contributed by atoms with Crippen molar-refractivity contribution in [3.8, 4) is 0 Å². The van der Waals surface area contributed by atoms with Crippen LogP contribution in [0.15, 0.2) is 0 Å². The summed E-state index contributed by atoms with van der Waals surface area (Å²) in [6.45, 7) is 9.54. The Morgan fingerprint density at radius 1 is 0.309 bits per heavy atom. The Hall–Kier alpha value is -1.94. The van der Waals surface area contributed by atoms with Gasteiger partial charge < -0.3 is 33.8 Å². The Bertz CT molecular complexity index is 1820. The van der Waals surface area contributed by atoms with E-state index in [1.807, 2.05) is 0 Å². The molecule has 0 saturated carbocycles. The Balaban J connectivity index is 5.20. The van der Waals surface area contributed by atoms with Crippen molar-refractivity contribution in [3.63, 3.8) is 0 Å². The molecule has 0 bridgehead atoms. The second-order valence-electron chi connectivity index (χ2n) is 27.8. The van der Waals surface area contributed by atoms with Crippen molar-refractivity contribution in [1.82, 2.24) is 0 Å². The van der Waals surface area contributed by atoms with Crippen LogP contribution >= 0.6 is 15.6 Å². The highest BCUT2D eigenvalue weighted by Gasteiger charge is 2.30. The first kappa shape index (κ1) is 92.1. The third kappa shape index (κ3) is 67.3. The van der Waals surface area contributed by atoms with E-state index in [4.69, 9.17) is 37.0 Å². The molecular formula is C75H146O17P2. The minimum Gasteiger partial charge on any atom is -0.462 e. The number of hydrogen-bond donors (Lipinski definition) is 3. The van der Waals surface area contributed by atoms with E-state index in [1.165, 1.54) is 205 Å². The van der Waals surface area contributed by atoms with Gasteiger partial charge in [-0.25, -0.2) is 9.13 Å². The molecule has 3 N–H and O–H groups in total. The predicted molar refractivity (Wildman–Crippen MR) is 381 cm³/mol. The number of esters is 4. The summed E-state index contributed by atoms with van der Waals surface area (Å²) in [5, 5.41) is 10.6. The van der Waals surface area contributed by atoms with E-state index in [-0.39, 0.29) is 25.7 Å². The summed E-state index contributed by atoms with van der Waals surface area (Å²) in [6, 6.07) is 0. The van der Waals surface area contributed by atoms with E-state index in [1.54, 1.807) is 0 Å². The zero-order valence-corrected chi connectivity index (χ0v) is 63.1. The van der Waals surface area contributed by atoms with Gasteiger partial charge in [0.1, 0.15) is 19.3 Å². The minimum absolute atomic E-state index is 0.104. The van der Waals surface area contributed by atoms with Gasteiger partial charge in [-0.2, -0.15) is 0 Å². The molecule has 0 radical (unpaired) electrons. The highest BCUT2D eigenvalue weighted by Crippen LogP contribution is 2.45. The Morgan fingerprint density at radius 2 is 0.543 bits per heavy atom. The molecule has 0 spiro atoms. The maximum atomic E-state index is 13.1. The largest absolute Gasteiger partial charge is 0.472 e. The monoisotopic (exact) mass is 1380 g/mol. The Morgan fingerprint density at radius 3 is 0.809 bits per heavy atom. The van der Waals surface area contributed by atoms with E-state index in [0.717, 1.165) is 95.8 Å². The minimum atomic E-state index is -4.96. The number of ether oxygens (including phenoxy) is 4. The summed E-state index contributed by atoms with van der Waals surface area (Å²) in [5.74, 6) is -0.615. The number of phosphoric ester groups is 2. The molecule has 3 unspecified atom stereocenters. The second-order valence-corrected chi connectivity index (χ2v) is 30.7. The fourth-order valence-corrected chi connectivity index (χ4v) is 13.0. The molecule has 0 amide bonds. The first-order valence-corrected chi connectivity index (χ1v) is 42.0. The summed E-state index contributed by atoms with van der Waals surface area (Å²) in [6.07, 6.45) is 54.2.